The molecule has 0 aliphatic heterocycles. The Balaban J connectivity index is 0.000000309. The number of ketones is 2. The number of hydrogen-bond acceptors (Lipinski definition) is 6. The maximum absolute atomic E-state index is 12.2. The van der Waals surface area contributed by atoms with Crippen molar-refractivity contribution in [3.05, 3.63) is 269 Å². The van der Waals surface area contributed by atoms with Gasteiger partial charge in [0, 0.05) is 22.3 Å². The molecule has 0 unspecified atom stereocenters. The second-order valence-corrected chi connectivity index (χ2v) is 85.6. The number of carbonyl (C=O) groups is 4. The van der Waals surface area contributed by atoms with E-state index in [2.05, 4.69) is 118 Å². The molecule has 0 N–H and O–H groups in total. The number of benzene rings is 8. The third-order valence-electron chi connectivity index (χ3n) is 12.9. The van der Waals surface area contributed by atoms with Crippen LogP contribution in [0.25, 0.3) is 22.3 Å². The van der Waals surface area contributed by atoms with E-state index in [4.69, 9.17) is 66.0 Å². The van der Waals surface area contributed by atoms with Gasteiger partial charge in [-0.3, -0.25) is 9.59 Å². The average molecular weight is 1580 g/mol. The smallest absolute Gasteiger partial charge is 0.0184 e. The molecule has 0 aliphatic carbocycles. The molecule has 14 heteroatoms. The van der Waals surface area contributed by atoms with Crippen LogP contribution in [0.1, 0.15) is 169 Å². The van der Waals surface area contributed by atoms with Crippen LogP contribution in [0, 0.1) is 17.9 Å². The minimum Gasteiger partial charge on any atom is -0.184 e. The molecular weight excluding hydrogens is 1500 g/mol. The Bertz CT molecular complexity index is 3320. The molecule has 464 valence electrons. The Morgan fingerprint density at radius 1 is 0.386 bits per heavy atom. The molecule has 0 aromatic heterocycles. The first-order valence-electron chi connectivity index (χ1n) is 29.1. The molecule has 0 bridgehead atoms. The van der Waals surface area contributed by atoms with Crippen LogP contribution in [0.2, 0.25) is 0 Å². The molecule has 0 atom stereocenters. The number of carbonyl (C=O) groups excluding carboxylic acids is 4. The topological polar surface area (TPSA) is 86.7 Å². The number of ether oxygens (including phenoxy) is 2. The van der Waals surface area contributed by atoms with Crippen molar-refractivity contribution in [3.63, 3.8) is 0 Å². The quantitative estimate of drug-likeness (QED) is 0.0152. The Morgan fingerprint density at radius 2 is 0.670 bits per heavy atom. The van der Waals surface area contributed by atoms with E-state index in [0.29, 0.717) is 35.5 Å². The number of allylic oxidation sites excluding steroid dienone is 2. The maximum atomic E-state index is 12.2. The van der Waals surface area contributed by atoms with Gasteiger partial charge in [0.15, 0.2) is 11.6 Å². The fourth-order valence-electron chi connectivity index (χ4n) is 7.83. The van der Waals surface area contributed by atoms with E-state index in [-0.39, 0.29) is 23.5 Å². The second kappa shape index (κ2) is 41.1. The molecule has 8 rings (SSSR count). The van der Waals surface area contributed by atoms with Crippen molar-refractivity contribution in [2.24, 2.45) is 0 Å². The van der Waals surface area contributed by atoms with Crippen LogP contribution in [-0.2, 0) is 16.8 Å². The van der Waals surface area contributed by atoms with Gasteiger partial charge in [0.25, 0.3) is 0 Å². The van der Waals surface area contributed by atoms with Gasteiger partial charge in [-0.25, -0.2) is 9.59 Å². The van der Waals surface area contributed by atoms with Crippen molar-refractivity contribution >= 4 is 117 Å². The van der Waals surface area contributed by atoms with Gasteiger partial charge >= 0.3 is 132 Å². The zero-order chi connectivity index (χ0) is 64.7. The van der Waals surface area contributed by atoms with Crippen LogP contribution in [0.15, 0.2) is 218 Å². The van der Waals surface area contributed by atoms with Gasteiger partial charge in [0.1, 0.15) is 0 Å². The van der Waals surface area contributed by atoms with E-state index < -0.39 is 7.31 Å². The molecule has 0 aliphatic rings. The summed E-state index contributed by atoms with van der Waals surface area (Å²) in [5, 5.41) is 0. The van der Waals surface area contributed by atoms with E-state index in [1.165, 1.54) is 75.8 Å². The largest absolute Gasteiger partial charge is 0.184 e. The van der Waals surface area contributed by atoms with Gasteiger partial charge in [-0.15, -0.1) is 0 Å². The Morgan fingerprint density at radius 3 is 0.955 bits per heavy atom. The van der Waals surface area contributed by atoms with Crippen LogP contribution in [-0.4, -0.2) is 59.2 Å². The van der Waals surface area contributed by atoms with Crippen molar-refractivity contribution in [1.29, 1.82) is 0 Å². The molecule has 0 fully saturated rings. The number of rotatable bonds is 19. The third-order valence-corrected chi connectivity index (χ3v) is 14.0. The number of unbranched alkanes of at least 4 members (excludes halogenated alkanes) is 8. The SMILES string of the molecule is CCCCCCCOC(=O)c1ccc(/C(C)=C(\C)c2ccc(C(C)=O)cc2)cc1.CCCCCCCOC(=O)c1ccc(C#Cc2ccc(C(C)=O)cc2)cc1.[Cl][W]([Cl])([Cl])([Cl])([Cl])[Cl].[SnH][c]1ccccc1.[c-]1ccccc1.c1ccc(-c2ccccc2)cc1. The number of halogens is 6. The summed E-state index contributed by atoms with van der Waals surface area (Å²) in [6.45, 7) is 12.6. The van der Waals surface area contributed by atoms with Crippen LogP contribution in [0.4, 0.5) is 0 Å². The van der Waals surface area contributed by atoms with Gasteiger partial charge in [0.2, 0.25) is 0 Å². The first kappa shape index (κ1) is 76.8. The van der Waals surface area contributed by atoms with Gasteiger partial charge in [0.05, 0.1) is 24.3 Å². The van der Waals surface area contributed by atoms with E-state index in [9.17, 15) is 19.2 Å². The first-order chi connectivity index (χ1) is 41.8. The minimum absolute atomic E-state index is 0.0398. The molecule has 8 aromatic rings. The van der Waals surface area contributed by atoms with Gasteiger partial charge < -0.3 is 9.47 Å². The molecule has 88 heavy (non-hydrogen) atoms. The summed E-state index contributed by atoms with van der Waals surface area (Å²) in [6.07, 6.45) is 11.3. The molecule has 6 nitrogen and oxygen atoms in total. The molecule has 8 aromatic carbocycles. The second-order valence-electron chi connectivity index (χ2n) is 20.1. The fraction of sp³-hybridized carbons (Fsp3) is 0.243. The summed E-state index contributed by atoms with van der Waals surface area (Å²) in [5.74, 6) is 5.68. The van der Waals surface area contributed by atoms with E-state index in [1.807, 2.05) is 121 Å². The molecule has 0 amide bonds. The fourth-order valence-corrected chi connectivity index (χ4v) is 8.46. The maximum Gasteiger partial charge on any atom is -0.0184 e. The van der Waals surface area contributed by atoms with E-state index >= 15 is 0 Å². The minimum atomic E-state index is -5.47. The monoisotopic (exact) mass is 1580 g/mol. The summed E-state index contributed by atoms with van der Waals surface area (Å²) in [7, 11) is 24.9. The van der Waals surface area contributed by atoms with Crippen LogP contribution in [0.3, 0.4) is 0 Å². The number of Topliss-reactive ketones (excluding diaryl/α,β-unsaturated/α-hetero) is 2. The zero-order valence-corrected chi connectivity index (χ0v) is 61.7. The molecular formula is C74H79Cl6O6SnW-. The first-order valence-corrected chi connectivity index (χ1v) is 52.6. The van der Waals surface area contributed by atoms with E-state index in [1.54, 1.807) is 38.1 Å². The molecule has 0 saturated carbocycles. The van der Waals surface area contributed by atoms with Crippen molar-refractivity contribution < 1.29 is 36.0 Å². The number of esters is 2. The van der Waals surface area contributed by atoms with Crippen LogP contribution < -0.4 is 3.58 Å². The van der Waals surface area contributed by atoms with Crippen molar-refractivity contribution in [2.45, 2.75) is 106 Å². The summed E-state index contributed by atoms with van der Waals surface area (Å²) in [4.78, 5) is 46.9. The Kier molecular flexibility index (Phi) is 35.8. The summed E-state index contributed by atoms with van der Waals surface area (Å²) >= 11 is 1.23. The third kappa shape index (κ3) is 36.9. The standard InChI is InChI=1S/C26H32O3.C24H26O3.C12H10.2C6H5.6ClH.Sn.W.H/c1-5-6-7-8-9-18-29-26(28)25-16-12-23(13-17-25)20(3)19(2)22-10-14-24(15-11-22)21(4)27;1-3-4-5-6-7-18-27-24(26)23-16-12-21(13-17-23)9-8-20-10-14-22(15-11-20)19(2)25;1-3-7-11(8-4-1)12-9-5-2-6-10-12;2*1-2-4-6-5-3-1;;;;;;;;;/h10-17H,5-9,18H2,1-4H3;10-17H,3-7,18H2,1-2H3;1-10H;2*1-5H;6*1H;;;/q;;;;-1;;;;;;;;+6;/p-6/b20-19+;;;;;;;;;;;;;. The molecule has 0 saturated heterocycles. The Labute approximate surface area is 558 Å². The summed E-state index contributed by atoms with van der Waals surface area (Å²) in [6, 6.07) is 73.3. The van der Waals surface area contributed by atoms with E-state index in [0.717, 1.165) is 59.1 Å². The predicted molar refractivity (Wildman–Crippen MR) is 374 cm³/mol. The molecule has 0 spiro atoms. The van der Waals surface area contributed by atoms with Crippen LogP contribution >= 0.6 is 56.5 Å². The predicted octanol–water partition coefficient (Wildman–Crippen LogP) is 21.6. The summed E-state index contributed by atoms with van der Waals surface area (Å²) < 4.78 is 12.1. The number of hydrogen-bond donors (Lipinski definition) is 0. The Hall–Kier alpha value is -5.43. The molecule has 0 heterocycles. The molecule has 2 radical (unpaired) electrons. The van der Waals surface area contributed by atoms with Gasteiger partial charge in [-0.05, 0) is 122 Å². The van der Waals surface area contributed by atoms with Gasteiger partial charge in [-0.2, -0.15) is 36.4 Å². The van der Waals surface area contributed by atoms with Crippen molar-refractivity contribution in [2.75, 3.05) is 13.2 Å². The van der Waals surface area contributed by atoms with Gasteiger partial charge in [-0.1, -0.05) is 186 Å². The summed E-state index contributed by atoms with van der Waals surface area (Å²) in [5.41, 5.74) is 11.1. The normalized spacial score (nSPS) is 11.3. The zero-order valence-electron chi connectivity index (χ0n) is 51.0. The van der Waals surface area contributed by atoms with Crippen LogP contribution in [0.5, 0.6) is 0 Å². The average Bonchev–Trinajstić information content (AvgIpc) is 3.02. The van der Waals surface area contributed by atoms with Crippen molar-refractivity contribution in [1.82, 2.24) is 0 Å². The van der Waals surface area contributed by atoms with Crippen molar-refractivity contribution in [3.8, 4) is 23.0 Å².